The highest BCUT2D eigenvalue weighted by molar-refractivity contribution is 7.80. The molecule has 1 aromatic heterocycles. The molecular weight excluding hydrogens is 236 g/mol. The van der Waals surface area contributed by atoms with Crippen molar-refractivity contribution in [1.82, 2.24) is 15.1 Å². The molecule has 0 aliphatic rings. The number of hydrogen-bond acceptors (Lipinski definition) is 3. The van der Waals surface area contributed by atoms with Crippen LogP contribution in [0.1, 0.15) is 30.0 Å². The third-order valence-electron chi connectivity index (χ3n) is 2.49. The molecule has 6 heteroatoms. The first-order valence-electron chi connectivity index (χ1n) is 5.57. The molecule has 0 bridgehead atoms. The minimum atomic E-state index is -0.143. The van der Waals surface area contributed by atoms with Crippen LogP contribution < -0.4 is 11.1 Å². The van der Waals surface area contributed by atoms with Crippen molar-refractivity contribution >= 4 is 23.1 Å². The van der Waals surface area contributed by atoms with Crippen LogP contribution in [-0.4, -0.2) is 27.2 Å². The summed E-state index contributed by atoms with van der Waals surface area (Å²) in [5.41, 5.74) is 6.89. The number of aromatic nitrogens is 2. The van der Waals surface area contributed by atoms with E-state index in [2.05, 4.69) is 10.4 Å². The smallest absolute Gasteiger partial charge is 0.269 e. The molecule has 1 rings (SSSR count). The number of rotatable bonds is 5. The van der Waals surface area contributed by atoms with Gasteiger partial charge in [-0.3, -0.25) is 9.48 Å². The van der Waals surface area contributed by atoms with E-state index in [4.69, 9.17) is 18.0 Å². The Morgan fingerprint density at radius 1 is 1.71 bits per heavy atom. The van der Waals surface area contributed by atoms with Crippen LogP contribution in [0.4, 0.5) is 0 Å². The lowest BCUT2D eigenvalue weighted by Crippen LogP contribution is -2.34. The third kappa shape index (κ3) is 3.52. The largest absolute Gasteiger partial charge is 0.393 e. The molecule has 1 amide bonds. The van der Waals surface area contributed by atoms with Crippen LogP contribution in [-0.2, 0) is 6.54 Å². The van der Waals surface area contributed by atoms with Crippen molar-refractivity contribution in [1.29, 1.82) is 0 Å². The summed E-state index contributed by atoms with van der Waals surface area (Å²) in [5.74, 6) is -0.149. The Hall–Kier alpha value is -1.43. The summed E-state index contributed by atoms with van der Waals surface area (Å²) >= 11 is 4.85. The molecule has 1 aromatic rings. The lowest BCUT2D eigenvalue weighted by molar-refractivity contribution is 0.0940. The highest BCUT2D eigenvalue weighted by Crippen LogP contribution is 2.04. The van der Waals surface area contributed by atoms with Gasteiger partial charge in [-0.2, -0.15) is 5.10 Å². The molecule has 0 saturated carbocycles. The van der Waals surface area contributed by atoms with Crippen LogP contribution in [0.5, 0.6) is 0 Å². The van der Waals surface area contributed by atoms with Gasteiger partial charge in [-0.15, -0.1) is 0 Å². The molecule has 0 spiro atoms. The molecule has 3 N–H and O–H groups in total. The van der Waals surface area contributed by atoms with Crippen LogP contribution in [0, 0.1) is 12.8 Å². The lowest BCUT2D eigenvalue weighted by atomic mass is 10.2. The zero-order chi connectivity index (χ0) is 13.0. The van der Waals surface area contributed by atoms with Gasteiger partial charge in [-0.25, -0.2) is 0 Å². The van der Waals surface area contributed by atoms with Gasteiger partial charge in [0.1, 0.15) is 5.69 Å². The van der Waals surface area contributed by atoms with Gasteiger partial charge in [-0.1, -0.05) is 19.1 Å². The Balaban J connectivity index is 2.66. The lowest BCUT2D eigenvalue weighted by Gasteiger charge is -2.11. The highest BCUT2D eigenvalue weighted by atomic mass is 32.1. The van der Waals surface area contributed by atoms with E-state index in [-0.39, 0.29) is 11.8 Å². The van der Waals surface area contributed by atoms with Crippen molar-refractivity contribution < 1.29 is 4.79 Å². The van der Waals surface area contributed by atoms with Crippen LogP contribution in [0.25, 0.3) is 0 Å². The van der Waals surface area contributed by atoms with Gasteiger partial charge in [0.25, 0.3) is 5.91 Å². The van der Waals surface area contributed by atoms with E-state index in [1.54, 1.807) is 10.7 Å². The number of aryl methyl sites for hydroxylation is 2. The van der Waals surface area contributed by atoms with Gasteiger partial charge >= 0.3 is 0 Å². The summed E-state index contributed by atoms with van der Waals surface area (Å²) in [6, 6.07) is 1.77. The molecule has 0 radical (unpaired) electrons. The fraction of sp³-hybridized carbons (Fsp3) is 0.545. The summed E-state index contributed by atoms with van der Waals surface area (Å²) < 4.78 is 1.68. The first-order chi connectivity index (χ1) is 7.95. The Kier molecular flexibility index (Phi) is 4.62. The summed E-state index contributed by atoms with van der Waals surface area (Å²) in [6.45, 7) is 6.80. The van der Waals surface area contributed by atoms with E-state index < -0.39 is 0 Å². The van der Waals surface area contributed by atoms with Crippen molar-refractivity contribution in [2.75, 3.05) is 6.54 Å². The van der Waals surface area contributed by atoms with Crippen molar-refractivity contribution in [3.63, 3.8) is 0 Å². The molecule has 0 aliphatic heterocycles. The molecule has 17 heavy (non-hydrogen) atoms. The maximum atomic E-state index is 11.9. The number of amides is 1. The van der Waals surface area contributed by atoms with Gasteiger partial charge in [0.15, 0.2) is 0 Å². The van der Waals surface area contributed by atoms with E-state index in [0.717, 1.165) is 5.69 Å². The maximum absolute atomic E-state index is 11.9. The third-order valence-corrected chi connectivity index (χ3v) is 2.89. The quantitative estimate of drug-likeness (QED) is 0.765. The number of nitrogens with one attached hydrogen (secondary N) is 1. The first-order valence-corrected chi connectivity index (χ1v) is 5.98. The van der Waals surface area contributed by atoms with E-state index in [1.165, 1.54) is 0 Å². The average molecular weight is 254 g/mol. The van der Waals surface area contributed by atoms with Crippen molar-refractivity contribution in [3.05, 3.63) is 17.5 Å². The molecule has 0 aliphatic carbocycles. The number of nitrogens with two attached hydrogens (primary N) is 1. The van der Waals surface area contributed by atoms with E-state index in [0.29, 0.717) is 23.8 Å². The molecule has 0 fully saturated rings. The number of nitrogens with zero attached hydrogens (tertiary/aromatic N) is 2. The average Bonchev–Trinajstić information content (AvgIpc) is 2.66. The second-order valence-corrected chi connectivity index (χ2v) is 4.47. The molecule has 5 nitrogen and oxygen atoms in total. The van der Waals surface area contributed by atoms with Gasteiger partial charge in [0.2, 0.25) is 0 Å². The van der Waals surface area contributed by atoms with Crippen molar-refractivity contribution in [3.8, 4) is 0 Å². The fourth-order valence-corrected chi connectivity index (χ4v) is 1.49. The molecule has 0 aromatic carbocycles. The summed E-state index contributed by atoms with van der Waals surface area (Å²) in [6.07, 6.45) is 0. The predicted molar refractivity (Wildman–Crippen MR) is 70.9 cm³/mol. The molecule has 1 unspecified atom stereocenters. The summed E-state index contributed by atoms with van der Waals surface area (Å²) in [4.78, 5) is 12.3. The maximum Gasteiger partial charge on any atom is 0.269 e. The van der Waals surface area contributed by atoms with Gasteiger partial charge in [0.05, 0.1) is 10.7 Å². The first kappa shape index (κ1) is 13.6. The Morgan fingerprint density at radius 3 is 2.88 bits per heavy atom. The van der Waals surface area contributed by atoms with Crippen LogP contribution in [0.3, 0.4) is 0 Å². The minimum Gasteiger partial charge on any atom is -0.393 e. The fourth-order valence-electron chi connectivity index (χ4n) is 1.41. The second kappa shape index (κ2) is 5.77. The van der Waals surface area contributed by atoms with Gasteiger partial charge in [-0.05, 0) is 19.9 Å². The molecule has 1 atom stereocenters. The second-order valence-electron chi connectivity index (χ2n) is 4.00. The Bertz CT molecular complexity index is 427. The molecule has 1 heterocycles. The summed E-state index contributed by atoms with van der Waals surface area (Å²) in [7, 11) is 0. The zero-order valence-corrected chi connectivity index (χ0v) is 11.2. The number of hydrogen-bond donors (Lipinski definition) is 2. The zero-order valence-electron chi connectivity index (χ0n) is 10.4. The predicted octanol–water partition coefficient (Wildman–Crippen LogP) is 0.863. The van der Waals surface area contributed by atoms with E-state index in [1.807, 2.05) is 20.8 Å². The number of carbonyl (C=O) groups is 1. The number of thiocarbonyl (C=S) groups is 1. The molecule has 0 saturated heterocycles. The highest BCUT2D eigenvalue weighted by Gasteiger charge is 2.14. The molecular formula is C11H18N4OS. The van der Waals surface area contributed by atoms with Crippen LogP contribution in [0.2, 0.25) is 0 Å². The topological polar surface area (TPSA) is 72.9 Å². The van der Waals surface area contributed by atoms with E-state index in [9.17, 15) is 4.79 Å². The van der Waals surface area contributed by atoms with Gasteiger partial charge < -0.3 is 11.1 Å². The number of carbonyl (C=O) groups excluding carboxylic acids is 1. The molecule has 94 valence electrons. The Morgan fingerprint density at radius 2 is 2.35 bits per heavy atom. The summed E-state index contributed by atoms with van der Waals surface area (Å²) in [5, 5.41) is 7.02. The van der Waals surface area contributed by atoms with Crippen molar-refractivity contribution in [2.45, 2.75) is 27.3 Å². The van der Waals surface area contributed by atoms with Gasteiger partial charge in [0, 0.05) is 19.0 Å². The van der Waals surface area contributed by atoms with E-state index >= 15 is 0 Å². The monoisotopic (exact) mass is 254 g/mol. The normalized spacial score (nSPS) is 12.2. The minimum absolute atomic E-state index is 0.00644. The Labute approximate surface area is 106 Å². The van der Waals surface area contributed by atoms with Crippen LogP contribution in [0.15, 0.2) is 6.07 Å². The van der Waals surface area contributed by atoms with Crippen molar-refractivity contribution in [2.24, 2.45) is 11.7 Å². The van der Waals surface area contributed by atoms with Crippen LogP contribution >= 0.6 is 12.2 Å². The SMILES string of the molecule is CCn1nc(C)cc1C(=O)NCC(C)C(N)=S. The standard InChI is InChI=1S/C11H18N4OS/c1-4-15-9(5-8(3)14-15)11(16)13-6-7(2)10(12)17/h5,7H,4,6H2,1-3H3,(H2,12,17)(H,13,16).